The van der Waals surface area contributed by atoms with Gasteiger partial charge in [-0.3, -0.25) is 5.10 Å². The average molecular weight is 418 g/mol. The SMILES string of the molecule is [C-]#[N+]c1cnc(Nc2cc(-c3ccc(C4CCN(C)CC4)cc3OC(C)C)[nH]n2)cn1. The van der Waals surface area contributed by atoms with Crippen LogP contribution in [0.1, 0.15) is 38.2 Å². The molecule has 0 radical (unpaired) electrons. The lowest BCUT2D eigenvalue weighted by molar-refractivity contribution is 0.241. The first kappa shape index (κ1) is 20.8. The van der Waals surface area contributed by atoms with Crippen molar-refractivity contribution in [3.63, 3.8) is 0 Å². The van der Waals surface area contributed by atoms with Gasteiger partial charge in [0.1, 0.15) is 5.75 Å². The van der Waals surface area contributed by atoms with Crippen LogP contribution in [0.15, 0.2) is 36.7 Å². The Kier molecular flexibility index (Phi) is 6.14. The molecule has 2 aromatic heterocycles. The predicted molar refractivity (Wildman–Crippen MR) is 121 cm³/mol. The van der Waals surface area contributed by atoms with E-state index < -0.39 is 0 Å². The first-order valence-corrected chi connectivity index (χ1v) is 10.5. The van der Waals surface area contributed by atoms with E-state index in [2.05, 4.69) is 60.5 Å². The van der Waals surface area contributed by atoms with Gasteiger partial charge in [-0.2, -0.15) is 5.10 Å². The lowest BCUT2D eigenvalue weighted by atomic mass is 9.88. The summed E-state index contributed by atoms with van der Waals surface area (Å²) in [6.07, 6.45) is 5.36. The van der Waals surface area contributed by atoms with Crippen molar-refractivity contribution in [2.75, 3.05) is 25.5 Å². The molecule has 31 heavy (non-hydrogen) atoms. The lowest BCUT2D eigenvalue weighted by Crippen LogP contribution is -2.29. The van der Waals surface area contributed by atoms with Crippen molar-refractivity contribution in [2.45, 2.75) is 38.7 Å². The molecule has 160 valence electrons. The number of aromatic amines is 1. The summed E-state index contributed by atoms with van der Waals surface area (Å²) < 4.78 is 6.18. The number of aromatic nitrogens is 4. The maximum Gasteiger partial charge on any atom is 0.288 e. The van der Waals surface area contributed by atoms with Crippen LogP contribution < -0.4 is 10.1 Å². The summed E-state index contributed by atoms with van der Waals surface area (Å²) in [6, 6.07) is 8.43. The van der Waals surface area contributed by atoms with Crippen LogP contribution in [0.3, 0.4) is 0 Å². The van der Waals surface area contributed by atoms with Gasteiger partial charge in [-0.05, 0) is 70.4 Å². The fourth-order valence-electron chi connectivity index (χ4n) is 3.81. The highest BCUT2D eigenvalue weighted by Crippen LogP contribution is 2.36. The second kappa shape index (κ2) is 9.14. The van der Waals surface area contributed by atoms with Gasteiger partial charge in [-0.15, -0.1) is 4.98 Å². The Morgan fingerprint density at radius 3 is 2.65 bits per heavy atom. The Morgan fingerprint density at radius 1 is 1.16 bits per heavy atom. The van der Waals surface area contributed by atoms with Gasteiger partial charge in [0.15, 0.2) is 17.8 Å². The molecule has 0 bridgehead atoms. The molecule has 1 saturated heterocycles. The molecule has 3 heterocycles. The predicted octanol–water partition coefficient (Wildman–Crippen LogP) is 4.76. The van der Waals surface area contributed by atoms with Crippen molar-refractivity contribution in [2.24, 2.45) is 0 Å². The molecule has 0 amide bonds. The van der Waals surface area contributed by atoms with Crippen LogP contribution in [0.5, 0.6) is 5.75 Å². The second-order valence-corrected chi connectivity index (χ2v) is 8.16. The molecule has 2 N–H and O–H groups in total. The highest BCUT2D eigenvalue weighted by molar-refractivity contribution is 5.71. The number of rotatable bonds is 6. The highest BCUT2D eigenvalue weighted by atomic mass is 16.5. The second-order valence-electron chi connectivity index (χ2n) is 8.16. The quantitative estimate of drug-likeness (QED) is 0.563. The number of ether oxygens (including phenoxy) is 1. The minimum Gasteiger partial charge on any atom is -0.490 e. The minimum atomic E-state index is 0.0724. The molecule has 0 aliphatic carbocycles. The van der Waals surface area contributed by atoms with Crippen LogP contribution in [0.4, 0.5) is 17.5 Å². The number of hydrogen-bond donors (Lipinski definition) is 2. The van der Waals surface area contributed by atoms with Crippen molar-refractivity contribution in [1.29, 1.82) is 0 Å². The van der Waals surface area contributed by atoms with E-state index in [0.29, 0.717) is 17.6 Å². The zero-order valence-corrected chi connectivity index (χ0v) is 18.1. The maximum atomic E-state index is 6.96. The number of likely N-dealkylation sites (tertiary alicyclic amines) is 1. The van der Waals surface area contributed by atoms with Crippen LogP contribution in [0, 0.1) is 6.57 Å². The number of nitrogens with one attached hydrogen (secondary N) is 2. The fourth-order valence-corrected chi connectivity index (χ4v) is 3.81. The Labute approximate surface area is 182 Å². The molecule has 0 atom stereocenters. The summed E-state index contributed by atoms with van der Waals surface area (Å²) in [5, 5.41) is 10.5. The van der Waals surface area contributed by atoms with Crippen molar-refractivity contribution >= 4 is 17.5 Å². The van der Waals surface area contributed by atoms with E-state index in [1.807, 2.05) is 19.9 Å². The molecule has 1 aliphatic rings. The van der Waals surface area contributed by atoms with E-state index in [1.165, 1.54) is 30.8 Å². The third-order valence-electron chi connectivity index (χ3n) is 5.44. The number of hydrogen-bond acceptors (Lipinski definition) is 6. The fraction of sp³-hybridized carbons (Fsp3) is 0.391. The number of benzene rings is 1. The number of piperidine rings is 1. The maximum absolute atomic E-state index is 6.96. The summed E-state index contributed by atoms with van der Waals surface area (Å²) in [5.41, 5.74) is 3.17. The molecule has 0 saturated carbocycles. The van der Waals surface area contributed by atoms with Gasteiger partial charge >= 0.3 is 0 Å². The van der Waals surface area contributed by atoms with Gasteiger partial charge in [-0.1, -0.05) is 12.6 Å². The zero-order chi connectivity index (χ0) is 21.8. The molecule has 8 heteroatoms. The van der Waals surface area contributed by atoms with Gasteiger partial charge < -0.3 is 19.8 Å². The Morgan fingerprint density at radius 2 is 1.97 bits per heavy atom. The molecule has 1 fully saturated rings. The molecule has 3 aromatic rings. The number of nitrogens with zero attached hydrogens (tertiary/aromatic N) is 5. The topological polar surface area (TPSA) is 83.3 Å². The zero-order valence-electron chi connectivity index (χ0n) is 18.1. The van der Waals surface area contributed by atoms with Gasteiger partial charge in [0, 0.05) is 11.6 Å². The van der Waals surface area contributed by atoms with Crippen molar-refractivity contribution in [1.82, 2.24) is 25.1 Å². The molecule has 8 nitrogen and oxygen atoms in total. The summed E-state index contributed by atoms with van der Waals surface area (Å²) in [6.45, 7) is 13.3. The van der Waals surface area contributed by atoms with Crippen LogP contribution in [0.25, 0.3) is 16.1 Å². The summed E-state index contributed by atoms with van der Waals surface area (Å²) in [5.74, 6) is 2.84. The van der Waals surface area contributed by atoms with Gasteiger partial charge in [-0.25, -0.2) is 4.98 Å². The molecular weight excluding hydrogens is 390 g/mol. The molecule has 0 spiro atoms. The molecule has 1 aliphatic heterocycles. The first-order chi connectivity index (χ1) is 15.0. The summed E-state index contributed by atoms with van der Waals surface area (Å²) in [4.78, 5) is 13.8. The van der Waals surface area contributed by atoms with Crippen molar-refractivity contribution in [3.05, 3.63) is 53.6 Å². The van der Waals surface area contributed by atoms with E-state index in [1.54, 1.807) is 0 Å². The Hall–Kier alpha value is -3.44. The number of H-pyrrole nitrogens is 1. The van der Waals surface area contributed by atoms with Crippen molar-refractivity contribution in [3.8, 4) is 17.0 Å². The smallest absolute Gasteiger partial charge is 0.288 e. The first-order valence-electron chi connectivity index (χ1n) is 10.5. The van der Waals surface area contributed by atoms with Crippen LogP contribution >= 0.6 is 0 Å². The number of anilines is 2. The Bertz CT molecular complexity index is 1060. The summed E-state index contributed by atoms with van der Waals surface area (Å²) in [7, 11) is 2.18. The van der Waals surface area contributed by atoms with Gasteiger partial charge in [0.05, 0.1) is 18.0 Å². The standard InChI is InChI=1S/C23H27N7O/c1-15(2)31-20-11-17(16-7-9-30(4)10-8-16)5-6-18(20)19-12-21(29-28-19)27-23-14-25-22(24-3)13-26-23/h5-6,11-16H,7-10H2,1-2,4H3,(H2,26,27,28,29). The van der Waals surface area contributed by atoms with Crippen LogP contribution in [0.2, 0.25) is 0 Å². The largest absolute Gasteiger partial charge is 0.490 e. The van der Waals surface area contributed by atoms with E-state index in [-0.39, 0.29) is 11.9 Å². The van der Waals surface area contributed by atoms with E-state index >= 15 is 0 Å². The van der Waals surface area contributed by atoms with Crippen LogP contribution in [-0.4, -0.2) is 51.3 Å². The molecular formula is C23H27N7O. The lowest BCUT2D eigenvalue weighted by Gasteiger charge is -2.29. The third-order valence-corrected chi connectivity index (χ3v) is 5.44. The van der Waals surface area contributed by atoms with Gasteiger partial charge in [0.2, 0.25) is 0 Å². The normalized spacial score (nSPS) is 15.1. The minimum absolute atomic E-state index is 0.0724. The van der Waals surface area contributed by atoms with Gasteiger partial charge in [0.25, 0.3) is 5.82 Å². The molecule has 4 rings (SSSR count). The van der Waals surface area contributed by atoms with E-state index in [9.17, 15) is 0 Å². The highest BCUT2D eigenvalue weighted by Gasteiger charge is 2.21. The van der Waals surface area contributed by atoms with E-state index in [4.69, 9.17) is 11.3 Å². The summed E-state index contributed by atoms with van der Waals surface area (Å²) >= 11 is 0. The Balaban J connectivity index is 1.57. The molecule has 1 aromatic carbocycles. The van der Waals surface area contributed by atoms with Crippen molar-refractivity contribution < 1.29 is 4.74 Å². The molecule has 0 unspecified atom stereocenters. The van der Waals surface area contributed by atoms with Crippen LogP contribution in [-0.2, 0) is 0 Å². The monoisotopic (exact) mass is 417 g/mol. The third kappa shape index (κ3) is 5.01. The van der Waals surface area contributed by atoms with E-state index in [0.717, 1.165) is 30.1 Å². The average Bonchev–Trinajstić information content (AvgIpc) is 3.22.